The number of amides is 2. The number of hydrogen-bond acceptors (Lipinski definition) is 6. The second kappa shape index (κ2) is 9.30. The van der Waals surface area contributed by atoms with Gasteiger partial charge in [-0.1, -0.05) is 26.1 Å². The van der Waals surface area contributed by atoms with E-state index < -0.39 is 0 Å². The number of cyclic esters (lactones) is 1. The number of piperazine rings is 1. The van der Waals surface area contributed by atoms with Crippen LogP contribution < -0.4 is 15.1 Å². The summed E-state index contributed by atoms with van der Waals surface area (Å²) in [6, 6.07) is 7.85. The first-order valence-electron chi connectivity index (χ1n) is 9.82. The molecule has 1 atom stereocenters. The van der Waals surface area contributed by atoms with Gasteiger partial charge in [-0.05, 0) is 24.3 Å². The molecule has 1 aromatic rings. The molecule has 0 bridgehead atoms. The summed E-state index contributed by atoms with van der Waals surface area (Å²) >= 11 is 5.27. The molecule has 2 aliphatic rings. The van der Waals surface area contributed by atoms with Crippen LogP contribution in [0.4, 0.5) is 21.0 Å². The fraction of sp³-hybridized carbons (Fsp3) is 0.550. The van der Waals surface area contributed by atoms with Gasteiger partial charge < -0.3 is 24.6 Å². The van der Waals surface area contributed by atoms with E-state index in [0.29, 0.717) is 26.2 Å². The molecule has 8 nitrogen and oxygen atoms in total. The van der Waals surface area contributed by atoms with Gasteiger partial charge in [0.05, 0.1) is 25.2 Å². The smallest absolute Gasteiger partial charge is 0.414 e. The lowest BCUT2D eigenvalue weighted by atomic mass is 10.2. The Bertz CT molecular complexity index is 747. The minimum Gasteiger partial charge on any atom is -0.453 e. The van der Waals surface area contributed by atoms with Gasteiger partial charge in [-0.3, -0.25) is 4.90 Å². The number of thiocarbonyl (C=S) groups is 1. The Morgan fingerprint density at radius 2 is 1.83 bits per heavy atom. The molecule has 0 aromatic heterocycles. The van der Waals surface area contributed by atoms with E-state index in [1.54, 1.807) is 9.80 Å². The van der Waals surface area contributed by atoms with Crippen molar-refractivity contribution in [1.82, 2.24) is 10.2 Å². The predicted molar refractivity (Wildman–Crippen MR) is 116 cm³/mol. The van der Waals surface area contributed by atoms with Gasteiger partial charge in [0.1, 0.15) is 6.10 Å². The predicted octanol–water partition coefficient (Wildman–Crippen LogP) is 2.47. The van der Waals surface area contributed by atoms with Gasteiger partial charge in [0, 0.05) is 43.5 Å². The highest BCUT2D eigenvalue weighted by Crippen LogP contribution is 2.25. The van der Waals surface area contributed by atoms with E-state index in [0.717, 1.165) is 29.5 Å². The van der Waals surface area contributed by atoms with Gasteiger partial charge >= 0.3 is 12.2 Å². The topological polar surface area (TPSA) is 74.3 Å². The molecule has 2 saturated heterocycles. The third-order valence-electron chi connectivity index (χ3n) is 5.14. The van der Waals surface area contributed by atoms with Crippen LogP contribution >= 0.6 is 12.2 Å². The zero-order valence-electron chi connectivity index (χ0n) is 17.1. The second-order valence-electron chi connectivity index (χ2n) is 7.48. The number of carbonyl (C=O) groups is 2. The van der Waals surface area contributed by atoms with Crippen molar-refractivity contribution in [3.05, 3.63) is 24.3 Å². The third-order valence-corrected chi connectivity index (χ3v) is 5.76. The number of rotatable bonds is 5. The Kier molecular flexibility index (Phi) is 6.79. The molecule has 2 heterocycles. The quantitative estimate of drug-likeness (QED) is 0.734. The molecule has 1 aromatic carbocycles. The highest BCUT2D eigenvalue weighted by Gasteiger charge is 2.32. The molecule has 2 amide bonds. The summed E-state index contributed by atoms with van der Waals surface area (Å²) in [7, 11) is 1.40. The van der Waals surface area contributed by atoms with Crippen LogP contribution in [0.3, 0.4) is 0 Å². The van der Waals surface area contributed by atoms with E-state index in [9.17, 15) is 9.59 Å². The van der Waals surface area contributed by atoms with Gasteiger partial charge in [-0.15, -0.1) is 0 Å². The standard InChI is InChI=1S/C20H28N4O4S/c1-14(2)18(29)21-12-17-13-24(20(26)28-17)16-6-4-15(5-7-16)22-8-10-23(11-9-22)19(25)27-3/h4-7,14,17H,8-13H2,1-3H3,(H,21,29). The molecule has 0 spiro atoms. The van der Waals surface area contributed by atoms with Crippen LogP contribution in [0.25, 0.3) is 0 Å². The maximum absolute atomic E-state index is 12.3. The van der Waals surface area contributed by atoms with Crippen molar-refractivity contribution in [2.75, 3.05) is 56.2 Å². The summed E-state index contributed by atoms with van der Waals surface area (Å²) < 4.78 is 10.2. The molecule has 0 saturated carbocycles. The van der Waals surface area contributed by atoms with Crippen LogP contribution in [0, 0.1) is 5.92 Å². The lowest BCUT2D eigenvalue weighted by molar-refractivity contribution is 0.121. The van der Waals surface area contributed by atoms with E-state index >= 15 is 0 Å². The number of ether oxygens (including phenoxy) is 2. The fourth-order valence-electron chi connectivity index (χ4n) is 3.38. The number of hydrogen-bond donors (Lipinski definition) is 1. The normalized spacial score (nSPS) is 19.4. The highest BCUT2D eigenvalue weighted by atomic mass is 32.1. The van der Waals surface area contributed by atoms with Crippen molar-refractivity contribution in [3.8, 4) is 0 Å². The summed E-state index contributed by atoms with van der Waals surface area (Å²) in [6.45, 7) is 7.79. The Labute approximate surface area is 176 Å². The summed E-state index contributed by atoms with van der Waals surface area (Å²) in [5, 5.41) is 3.17. The average Bonchev–Trinajstić information content (AvgIpc) is 3.12. The first-order chi connectivity index (χ1) is 13.9. The van der Waals surface area contributed by atoms with Gasteiger partial charge in [-0.2, -0.15) is 0 Å². The zero-order chi connectivity index (χ0) is 21.0. The van der Waals surface area contributed by atoms with E-state index in [1.807, 2.05) is 38.1 Å². The van der Waals surface area contributed by atoms with Crippen LogP contribution in [0.5, 0.6) is 0 Å². The Balaban J connectivity index is 1.54. The first kappa shape index (κ1) is 21.2. The minimum atomic E-state index is -0.341. The van der Waals surface area contributed by atoms with Gasteiger partial charge in [0.2, 0.25) is 0 Å². The number of benzene rings is 1. The molecular formula is C20H28N4O4S. The maximum atomic E-state index is 12.3. The van der Waals surface area contributed by atoms with Crippen molar-refractivity contribution in [2.45, 2.75) is 20.0 Å². The summed E-state index contributed by atoms with van der Waals surface area (Å²) in [5.74, 6) is 0.264. The van der Waals surface area contributed by atoms with Crippen LogP contribution in [0.1, 0.15) is 13.8 Å². The Morgan fingerprint density at radius 1 is 1.21 bits per heavy atom. The number of nitrogens with one attached hydrogen (secondary N) is 1. The first-order valence-corrected chi connectivity index (χ1v) is 10.2. The summed E-state index contributed by atoms with van der Waals surface area (Å²) in [6.07, 6.45) is -0.859. The van der Waals surface area contributed by atoms with Crippen LogP contribution in [-0.2, 0) is 9.47 Å². The molecule has 0 radical (unpaired) electrons. The monoisotopic (exact) mass is 420 g/mol. The fourth-order valence-corrected chi connectivity index (χ4v) is 3.46. The number of carbonyl (C=O) groups excluding carboxylic acids is 2. The summed E-state index contributed by atoms with van der Waals surface area (Å²) in [5.41, 5.74) is 1.87. The molecule has 1 unspecified atom stereocenters. The van der Waals surface area contributed by atoms with Crippen LogP contribution in [0.2, 0.25) is 0 Å². The minimum absolute atomic E-state index is 0.231. The average molecular weight is 421 g/mol. The largest absolute Gasteiger partial charge is 0.453 e. The molecule has 1 N–H and O–H groups in total. The SMILES string of the molecule is COC(=O)N1CCN(c2ccc(N3CC(CNC(=S)C(C)C)OC3=O)cc2)CC1. The van der Waals surface area contributed by atoms with Crippen molar-refractivity contribution in [1.29, 1.82) is 0 Å². The van der Waals surface area contributed by atoms with E-state index in [4.69, 9.17) is 21.7 Å². The van der Waals surface area contributed by atoms with Gasteiger partial charge in [-0.25, -0.2) is 9.59 Å². The lowest BCUT2D eigenvalue weighted by Crippen LogP contribution is -2.48. The highest BCUT2D eigenvalue weighted by molar-refractivity contribution is 7.80. The zero-order valence-corrected chi connectivity index (χ0v) is 17.9. The van der Waals surface area contributed by atoms with Gasteiger partial charge in [0.15, 0.2) is 0 Å². The van der Waals surface area contributed by atoms with E-state index in [2.05, 4.69) is 10.2 Å². The Morgan fingerprint density at radius 3 is 2.41 bits per heavy atom. The Hall–Kier alpha value is -2.55. The van der Waals surface area contributed by atoms with Crippen molar-refractivity contribution < 1.29 is 19.1 Å². The number of methoxy groups -OCH3 is 1. The molecule has 158 valence electrons. The molecule has 29 heavy (non-hydrogen) atoms. The summed E-state index contributed by atoms with van der Waals surface area (Å²) in [4.78, 5) is 30.2. The molecular weight excluding hydrogens is 392 g/mol. The van der Waals surface area contributed by atoms with Crippen molar-refractivity contribution >= 4 is 40.8 Å². The molecule has 0 aliphatic carbocycles. The number of nitrogens with zero attached hydrogens (tertiary/aromatic N) is 3. The third kappa shape index (κ3) is 5.09. The van der Waals surface area contributed by atoms with E-state index in [-0.39, 0.29) is 24.2 Å². The van der Waals surface area contributed by atoms with Crippen LogP contribution in [0.15, 0.2) is 24.3 Å². The second-order valence-corrected chi connectivity index (χ2v) is 7.92. The van der Waals surface area contributed by atoms with Crippen molar-refractivity contribution in [3.63, 3.8) is 0 Å². The number of anilines is 2. The molecule has 9 heteroatoms. The molecule has 2 fully saturated rings. The van der Waals surface area contributed by atoms with Crippen molar-refractivity contribution in [2.24, 2.45) is 5.92 Å². The molecule has 3 rings (SSSR count). The lowest BCUT2D eigenvalue weighted by Gasteiger charge is -2.35. The van der Waals surface area contributed by atoms with E-state index in [1.165, 1.54) is 7.11 Å². The molecule has 2 aliphatic heterocycles. The maximum Gasteiger partial charge on any atom is 0.414 e. The van der Waals surface area contributed by atoms with Crippen LogP contribution in [-0.4, -0.2) is 74.6 Å². The van der Waals surface area contributed by atoms with Gasteiger partial charge in [0.25, 0.3) is 0 Å².